The van der Waals surface area contributed by atoms with Crippen molar-refractivity contribution in [2.24, 2.45) is 0 Å². The van der Waals surface area contributed by atoms with Crippen LogP contribution < -0.4 is 0 Å². The van der Waals surface area contributed by atoms with Crippen molar-refractivity contribution in [1.29, 1.82) is 0 Å². The van der Waals surface area contributed by atoms with Crippen molar-refractivity contribution < 1.29 is 14.3 Å². The highest BCUT2D eigenvalue weighted by atomic mass is 19.1. The maximum atomic E-state index is 13.5. The lowest BCUT2D eigenvalue weighted by Crippen LogP contribution is -1.98. The number of carbonyl (C=O) groups is 1. The number of imidazole rings is 1. The van der Waals surface area contributed by atoms with E-state index in [1.165, 1.54) is 6.07 Å². The molecule has 0 spiro atoms. The normalized spacial score (nSPS) is 11.0. The number of halogens is 1. The number of fused-ring (bicyclic) bond motifs is 1. The summed E-state index contributed by atoms with van der Waals surface area (Å²) >= 11 is 0. The fourth-order valence-corrected chi connectivity index (χ4v) is 2.16. The van der Waals surface area contributed by atoms with Crippen LogP contribution in [0.25, 0.3) is 22.4 Å². The molecule has 0 aliphatic rings. The molecule has 2 N–H and O–H groups in total. The van der Waals surface area contributed by atoms with Gasteiger partial charge in [-0.15, -0.1) is 0 Å². The first-order valence-electron chi connectivity index (χ1n) is 6.19. The van der Waals surface area contributed by atoms with E-state index in [2.05, 4.69) is 20.2 Å². The highest BCUT2D eigenvalue weighted by molar-refractivity contribution is 6.01. The molecular weight excluding hydrogens is 275 g/mol. The number of H-pyrrole nitrogens is 1. The SMILES string of the molecule is Cc1cc(-c2nc3c(C(=O)O)cc(F)cc3[nH]2)c(C)nn1. The van der Waals surface area contributed by atoms with Gasteiger partial charge in [0.1, 0.15) is 17.2 Å². The Labute approximate surface area is 118 Å². The molecule has 2 aromatic heterocycles. The summed E-state index contributed by atoms with van der Waals surface area (Å²) in [7, 11) is 0. The fourth-order valence-electron chi connectivity index (χ4n) is 2.16. The van der Waals surface area contributed by atoms with Crippen molar-refractivity contribution in [3.05, 3.63) is 41.0 Å². The lowest BCUT2D eigenvalue weighted by atomic mass is 10.2. The molecule has 0 aliphatic carbocycles. The Morgan fingerprint density at radius 1 is 1.24 bits per heavy atom. The van der Waals surface area contributed by atoms with Gasteiger partial charge in [-0.25, -0.2) is 14.2 Å². The van der Waals surface area contributed by atoms with Gasteiger partial charge in [0.2, 0.25) is 0 Å². The zero-order valence-electron chi connectivity index (χ0n) is 11.3. The van der Waals surface area contributed by atoms with E-state index in [9.17, 15) is 9.18 Å². The molecule has 3 rings (SSSR count). The van der Waals surface area contributed by atoms with E-state index >= 15 is 0 Å². The number of hydrogen-bond acceptors (Lipinski definition) is 4. The average molecular weight is 286 g/mol. The van der Waals surface area contributed by atoms with Gasteiger partial charge in [0.15, 0.2) is 0 Å². The molecule has 3 aromatic rings. The number of benzene rings is 1. The van der Waals surface area contributed by atoms with Crippen LogP contribution in [0.1, 0.15) is 21.7 Å². The van der Waals surface area contributed by atoms with Crippen LogP contribution in [0.4, 0.5) is 4.39 Å². The van der Waals surface area contributed by atoms with Crippen molar-refractivity contribution >= 4 is 17.0 Å². The van der Waals surface area contributed by atoms with Crippen LogP contribution in [0.3, 0.4) is 0 Å². The topological polar surface area (TPSA) is 91.8 Å². The van der Waals surface area contributed by atoms with Crippen molar-refractivity contribution in [3.8, 4) is 11.4 Å². The summed E-state index contributed by atoms with van der Waals surface area (Å²) in [6.07, 6.45) is 0. The summed E-state index contributed by atoms with van der Waals surface area (Å²) in [5.74, 6) is -1.41. The third-order valence-electron chi connectivity index (χ3n) is 3.14. The minimum absolute atomic E-state index is 0.177. The first-order valence-corrected chi connectivity index (χ1v) is 6.19. The summed E-state index contributed by atoms with van der Waals surface area (Å²) in [6, 6.07) is 3.96. The number of aryl methyl sites for hydroxylation is 2. The van der Waals surface area contributed by atoms with E-state index < -0.39 is 11.8 Å². The molecule has 0 saturated carbocycles. The van der Waals surface area contributed by atoms with E-state index in [1.807, 2.05) is 0 Å². The quantitative estimate of drug-likeness (QED) is 0.755. The number of carboxylic acid groups (broad SMARTS) is 1. The molecule has 0 bridgehead atoms. The van der Waals surface area contributed by atoms with Gasteiger partial charge in [0.05, 0.1) is 22.5 Å². The number of nitrogens with zero attached hydrogens (tertiary/aromatic N) is 3. The second-order valence-corrected chi connectivity index (χ2v) is 4.72. The largest absolute Gasteiger partial charge is 0.478 e. The first-order chi connectivity index (χ1) is 9.95. The molecule has 2 heterocycles. The lowest BCUT2D eigenvalue weighted by molar-refractivity contribution is 0.0698. The molecule has 7 heteroatoms. The second-order valence-electron chi connectivity index (χ2n) is 4.72. The van der Waals surface area contributed by atoms with Crippen molar-refractivity contribution in [3.63, 3.8) is 0 Å². The maximum absolute atomic E-state index is 13.5. The predicted molar refractivity (Wildman–Crippen MR) is 73.5 cm³/mol. The van der Waals surface area contributed by atoms with E-state index in [4.69, 9.17) is 5.11 Å². The summed E-state index contributed by atoms with van der Waals surface area (Å²) in [5, 5.41) is 17.1. The number of nitrogens with one attached hydrogen (secondary N) is 1. The molecule has 0 radical (unpaired) electrons. The Morgan fingerprint density at radius 2 is 2.00 bits per heavy atom. The highest BCUT2D eigenvalue weighted by Gasteiger charge is 2.17. The van der Waals surface area contributed by atoms with Crippen LogP contribution >= 0.6 is 0 Å². The third-order valence-corrected chi connectivity index (χ3v) is 3.14. The first kappa shape index (κ1) is 13.2. The summed E-state index contributed by atoms with van der Waals surface area (Å²) in [6.45, 7) is 3.56. The summed E-state index contributed by atoms with van der Waals surface area (Å²) in [5.41, 5.74) is 2.43. The molecule has 0 saturated heterocycles. The fraction of sp³-hybridized carbons (Fsp3) is 0.143. The van der Waals surface area contributed by atoms with Crippen LogP contribution in [0, 0.1) is 19.7 Å². The van der Waals surface area contributed by atoms with E-state index in [1.54, 1.807) is 19.9 Å². The molecule has 0 fully saturated rings. The number of rotatable bonds is 2. The molecule has 0 atom stereocenters. The van der Waals surface area contributed by atoms with Gasteiger partial charge in [0, 0.05) is 5.56 Å². The molecule has 0 unspecified atom stereocenters. The van der Waals surface area contributed by atoms with Crippen molar-refractivity contribution in [2.45, 2.75) is 13.8 Å². The van der Waals surface area contributed by atoms with Crippen LogP contribution in [-0.4, -0.2) is 31.2 Å². The standard InChI is InChI=1S/C14H11FN4O2/c1-6-3-9(7(2)19-18-6)13-16-11-5-8(15)4-10(14(20)21)12(11)17-13/h3-5H,1-2H3,(H,16,17)(H,20,21). The van der Waals surface area contributed by atoms with Gasteiger partial charge >= 0.3 is 5.97 Å². The third kappa shape index (κ3) is 2.22. The van der Waals surface area contributed by atoms with Crippen molar-refractivity contribution in [1.82, 2.24) is 20.2 Å². The molecule has 0 aliphatic heterocycles. The molecule has 6 nitrogen and oxygen atoms in total. The van der Waals surface area contributed by atoms with Crippen LogP contribution in [-0.2, 0) is 0 Å². The zero-order valence-corrected chi connectivity index (χ0v) is 11.3. The van der Waals surface area contributed by atoms with Crippen LogP contribution in [0.2, 0.25) is 0 Å². The Hall–Kier alpha value is -2.83. The number of aromatic nitrogens is 4. The number of aromatic carboxylic acids is 1. The Balaban J connectivity index is 2.28. The van der Waals surface area contributed by atoms with Gasteiger partial charge < -0.3 is 10.1 Å². The van der Waals surface area contributed by atoms with E-state index in [0.717, 1.165) is 6.07 Å². The monoisotopic (exact) mass is 286 g/mol. The number of aromatic amines is 1. The van der Waals surface area contributed by atoms with Gasteiger partial charge in [0.25, 0.3) is 0 Å². The molecule has 21 heavy (non-hydrogen) atoms. The minimum atomic E-state index is -1.22. The van der Waals surface area contributed by atoms with Crippen LogP contribution in [0.15, 0.2) is 18.2 Å². The predicted octanol–water partition coefficient (Wildman–Crippen LogP) is 2.47. The van der Waals surface area contributed by atoms with Gasteiger partial charge in [-0.05, 0) is 32.0 Å². The zero-order chi connectivity index (χ0) is 15.1. The summed E-state index contributed by atoms with van der Waals surface area (Å²) in [4.78, 5) is 18.4. The van der Waals surface area contributed by atoms with Crippen LogP contribution in [0.5, 0.6) is 0 Å². The van der Waals surface area contributed by atoms with Gasteiger partial charge in [-0.1, -0.05) is 0 Å². The molecular formula is C14H11FN4O2. The summed E-state index contributed by atoms with van der Waals surface area (Å²) < 4.78 is 13.5. The molecule has 106 valence electrons. The van der Waals surface area contributed by atoms with Gasteiger partial charge in [-0.2, -0.15) is 10.2 Å². The second kappa shape index (κ2) is 4.62. The Bertz CT molecular complexity index is 873. The Morgan fingerprint density at radius 3 is 2.71 bits per heavy atom. The number of hydrogen-bond donors (Lipinski definition) is 2. The van der Waals surface area contributed by atoms with E-state index in [0.29, 0.717) is 28.3 Å². The van der Waals surface area contributed by atoms with E-state index in [-0.39, 0.29) is 11.1 Å². The average Bonchev–Trinajstić information content (AvgIpc) is 2.83. The molecule has 0 amide bonds. The molecule has 1 aromatic carbocycles. The Kier molecular flexibility index (Phi) is 2.90. The smallest absolute Gasteiger partial charge is 0.338 e. The number of carboxylic acids is 1. The van der Waals surface area contributed by atoms with Gasteiger partial charge in [-0.3, -0.25) is 0 Å². The highest BCUT2D eigenvalue weighted by Crippen LogP contribution is 2.25. The minimum Gasteiger partial charge on any atom is -0.478 e. The lowest BCUT2D eigenvalue weighted by Gasteiger charge is -2.01. The van der Waals surface area contributed by atoms with Crippen molar-refractivity contribution in [2.75, 3.05) is 0 Å². The maximum Gasteiger partial charge on any atom is 0.338 e.